The van der Waals surface area contributed by atoms with Crippen molar-refractivity contribution >= 4 is 5.91 Å². The third-order valence-electron chi connectivity index (χ3n) is 3.09. The fourth-order valence-corrected chi connectivity index (χ4v) is 2.14. The van der Waals surface area contributed by atoms with Gasteiger partial charge in [0, 0.05) is 18.5 Å². The molecule has 0 heterocycles. The quantitative estimate of drug-likeness (QED) is 0.742. The summed E-state index contributed by atoms with van der Waals surface area (Å²) >= 11 is 0. The largest absolute Gasteiger partial charge is 0.406 e. The van der Waals surface area contributed by atoms with E-state index in [2.05, 4.69) is 5.32 Å². The van der Waals surface area contributed by atoms with Crippen LogP contribution >= 0.6 is 0 Å². The third kappa shape index (κ3) is 7.40. The van der Waals surface area contributed by atoms with Crippen LogP contribution in [0.5, 0.6) is 0 Å². The van der Waals surface area contributed by atoms with Gasteiger partial charge in [-0.2, -0.15) is 13.2 Å². The zero-order valence-corrected chi connectivity index (χ0v) is 12.2. The van der Waals surface area contributed by atoms with Gasteiger partial charge in [-0.3, -0.25) is 4.79 Å². The molecule has 1 unspecified atom stereocenters. The summed E-state index contributed by atoms with van der Waals surface area (Å²) in [6, 6.07) is -0.453. The number of rotatable bonds is 8. The lowest BCUT2D eigenvalue weighted by Gasteiger charge is -2.32. The Morgan fingerprint density at radius 1 is 1.21 bits per heavy atom. The molecule has 0 bridgehead atoms. The van der Waals surface area contributed by atoms with Gasteiger partial charge in [0.2, 0.25) is 5.91 Å². The number of hydrogen-bond acceptors (Lipinski definition) is 2. The number of halogens is 3. The molecular formula is C13H25F3N2O. The van der Waals surface area contributed by atoms with Gasteiger partial charge in [0.1, 0.15) is 6.54 Å². The smallest absolute Gasteiger partial charge is 0.331 e. The van der Waals surface area contributed by atoms with Crippen LogP contribution in [-0.2, 0) is 4.79 Å². The molecule has 3 nitrogen and oxygen atoms in total. The number of carbonyl (C=O) groups is 1. The van der Waals surface area contributed by atoms with E-state index in [1.807, 2.05) is 6.92 Å². The number of hydrogen-bond donors (Lipinski definition) is 1. The third-order valence-corrected chi connectivity index (χ3v) is 3.09. The Morgan fingerprint density at radius 3 is 2.11 bits per heavy atom. The van der Waals surface area contributed by atoms with Crippen molar-refractivity contribution in [3.8, 4) is 0 Å². The molecule has 0 saturated carbocycles. The number of nitrogens with one attached hydrogen (secondary N) is 1. The summed E-state index contributed by atoms with van der Waals surface area (Å²) in [5.41, 5.74) is 0. The van der Waals surface area contributed by atoms with Gasteiger partial charge in [0.25, 0.3) is 0 Å². The molecule has 0 aromatic rings. The Morgan fingerprint density at radius 2 is 1.74 bits per heavy atom. The van der Waals surface area contributed by atoms with E-state index >= 15 is 0 Å². The highest BCUT2D eigenvalue weighted by atomic mass is 19.4. The van der Waals surface area contributed by atoms with Crippen molar-refractivity contribution in [2.24, 2.45) is 0 Å². The molecule has 1 atom stereocenters. The fourth-order valence-electron chi connectivity index (χ4n) is 2.14. The second kappa shape index (κ2) is 8.40. The van der Waals surface area contributed by atoms with Crippen molar-refractivity contribution in [3.63, 3.8) is 0 Å². The zero-order valence-electron chi connectivity index (χ0n) is 12.2. The van der Waals surface area contributed by atoms with Gasteiger partial charge in [-0.25, -0.2) is 0 Å². The monoisotopic (exact) mass is 282 g/mol. The van der Waals surface area contributed by atoms with Crippen LogP contribution in [0.4, 0.5) is 13.2 Å². The maximum atomic E-state index is 12.6. The molecule has 0 fully saturated rings. The summed E-state index contributed by atoms with van der Waals surface area (Å²) in [6.07, 6.45) is -3.18. The molecule has 0 spiro atoms. The van der Waals surface area contributed by atoms with Gasteiger partial charge in [-0.1, -0.05) is 20.8 Å². The van der Waals surface area contributed by atoms with Crippen LogP contribution in [0.2, 0.25) is 0 Å². The van der Waals surface area contributed by atoms with Crippen molar-refractivity contribution < 1.29 is 18.0 Å². The molecular weight excluding hydrogens is 257 g/mol. The summed E-state index contributed by atoms with van der Waals surface area (Å²) < 4.78 is 37.7. The first kappa shape index (κ1) is 18.2. The molecule has 0 rings (SSSR count). The Bertz CT molecular complexity index is 265. The Balaban J connectivity index is 4.76. The Labute approximate surface area is 113 Å². The van der Waals surface area contributed by atoms with E-state index in [0.717, 1.165) is 4.90 Å². The summed E-state index contributed by atoms with van der Waals surface area (Å²) in [6.45, 7) is 6.85. The van der Waals surface area contributed by atoms with Crippen LogP contribution in [0, 0.1) is 0 Å². The number of nitrogens with zero attached hydrogens (tertiary/aromatic N) is 1. The van der Waals surface area contributed by atoms with E-state index in [1.165, 1.54) is 0 Å². The summed E-state index contributed by atoms with van der Waals surface area (Å²) in [5, 5.41) is 3.04. The van der Waals surface area contributed by atoms with Crippen LogP contribution in [0.25, 0.3) is 0 Å². The second-order valence-electron chi connectivity index (χ2n) is 4.77. The molecule has 114 valence electrons. The van der Waals surface area contributed by atoms with E-state index in [9.17, 15) is 18.0 Å². The molecule has 0 aliphatic heterocycles. The van der Waals surface area contributed by atoms with Gasteiger partial charge in [0.05, 0.1) is 0 Å². The highest BCUT2D eigenvalue weighted by Crippen LogP contribution is 2.21. The van der Waals surface area contributed by atoms with Gasteiger partial charge >= 0.3 is 6.18 Å². The molecule has 1 N–H and O–H groups in total. The minimum atomic E-state index is -4.35. The highest BCUT2D eigenvalue weighted by Gasteiger charge is 2.35. The van der Waals surface area contributed by atoms with Gasteiger partial charge in [-0.15, -0.1) is 0 Å². The molecule has 0 saturated heterocycles. The minimum absolute atomic E-state index is 0.0976. The lowest BCUT2D eigenvalue weighted by atomic mass is 10.1. The van der Waals surface area contributed by atoms with E-state index in [1.54, 1.807) is 20.8 Å². The van der Waals surface area contributed by atoms with Crippen LogP contribution in [-0.4, -0.2) is 42.2 Å². The first-order valence-electron chi connectivity index (χ1n) is 6.84. The average molecular weight is 282 g/mol. The van der Waals surface area contributed by atoms with Crippen molar-refractivity contribution in [2.45, 2.75) is 65.2 Å². The van der Waals surface area contributed by atoms with Gasteiger partial charge < -0.3 is 10.2 Å². The van der Waals surface area contributed by atoms with Crippen LogP contribution in [0.1, 0.15) is 47.0 Å². The van der Waals surface area contributed by atoms with E-state index < -0.39 is 18.6 Å². The predicted octanol–water partition coefficient (Wildman–Crippen LogP) is 2.95. The first-order chi connectivity index (χ1) is 8.75. The molecule has 19 heavy (non-hydrogen) atoms. The topological polar surface area (TPSA) is 32.3 Å². The van der Waals surface area contributed by atoms with E-state index in [4.69, 9.17) is 0 Å². The molecule has 0 aromatic carbocycles. The first-order valence-corrected chi connectivity index (χ1v) is 6.84. The maximum absolute atomic E-state index is 12.6. The number of alkyl halides is 3. The molecule has 0 aliphatic rings. The Kier molecular flexibility index (Phi) is 8.06. The average Bonchev–Trinajstić information content (AvgIpc) is 2.27. The van der Waals surface area contributed by atoms with E-state index in [-0.39, 0.29) is 18.5 Å². The fraction of sp³-hybridized carbons (Fsp3) is 0.923. The molecule has 1 amide bonds. The van der Waals surface area contributed by atoms with Crippen LogP contribution in [0.3, 0.4) is 0 Å². The molecule has 6 heteroatoms. The Hall–Kier alpha value is -0.780. The zero-order chi connectivity index (χ0) is 15.1. The lowest BCUT2D eigenvalue weighted by molar-refractivity contribution is -0.166. The van der Waals surface area contributed by atoms with Crippen LogP contribution < -0.4 is 5.32 Å². The lowest BCUT2D eigenvalue weighted by Crippen LogP contribution is -2.47. The van der Waals surface area contributed by atoms with Crippen molar-refractivity contribution in [2.75, 3.05) is 13.1 Å². The van der Waals surface area contributed by atoms with Crippen LogP contribution in [0.15, 0.2) is 0 Å². The second-order valence-corrected chi connectivity index (χ2v) is 4.77. The normalized spacial score (nSPS) is 13.7. The SMILES string of the molecule is CCNC(C)CC(=O)N(CC(F)(F)F)C(CC)CC. The van der Waals surface area contributed by atoms with Gasteiger partial charge in [-0.05, 0) is 26.3 Å². The molecule has 0 radical (unpaired) electrons. The highest BCUT2D eigenvalue weighted by molar-refractivity contribution is 5.77. The standard InChI is InChI=1S/C13H25F3N2O/c1-5-11(6-2)18(9-13(14,15)16)12(19)8-10(4)17-7-3/h10-11,17H,5-9H2,1-4H3. The van der Waals surface area contributed by atoms with Crippen molar-refractivity contribution in [3.05, 3.63) is 0 Å². The summed E-state index contributed by atoms with van der Waals surface area (Å²) in [7, 11) is 0. The van der Waals surface area contributed by atoms with Crippen molar-refractivity contribution in [1.82, 2.24) is 10.2 Å². The number of amides is 1. The number of carbonyl (C=O) groups excluding carboxylic acids is 1. The summed E-state index contributed by atoms with van der Waals surface area (Å²) in [4.78, 5) is 13.0. The van der Waals surface area contributed by atoms with Gasteiger partial charge in [0.15, 0.2) is 0 Å². The minimum Gasteiger partial charge on any atom is -0.331 e. The summed E-state index contributed by atoms with van der Waals surface area (Å²) in [5.74, 6) is -0.431. The molecule has 0 aromatic heterocycles. The predicted molar refractivity (Wildman–Crippen MR) is 69.9 cm³/mol. The van der Waals surface area contributed by atoms with Crippen molar-refractivity contribution in [1.29, 1.82) is 0 Å². The molecule has 0 aliphatic carbocycles. The van der Waals surface area contributed by atoms with E-state index in [0.29, 0.717) is 19.4 Å². The maximum Gasteiger partial charge on any atom is 0.406 e.